The maximum atomic E-state index is 4.74. The van der Waals surface area contributed by atoms with E-state index >= 15 is 0 Å². The number of pyridine rings is 1. The van der Waals surface area contributed by atoms with Crippen molar-refractivity contribution in [3.63, 3.8) is 0 Å². The van der Waals surface area contributed by atoms with Gasteiger partial charge in [-0.2, -0.15) is 9.61 Å². The van der Waals surface area contributed by atoms with Gasteiger partial charge in [0.05, 0.1) is 0 Å². The summed E-state index contributed by atoms with van der Waals surface area (Å²) in [5.74, 6) is 0.852. The highest BCUT2D eigenvalue weighted by atomic mass is 32.1. The first-order valence-electron chi connectivity index (χ1n) is 8.39. The van der Waals surface area contributed by atoms with Gasteiger partial charge in [0.2, 0.25) is 4.96 Å². The quantitative estimate of drug-likeness (QED) is 0.483. The lowest BCUT2D eigenvalue weighted by Crippen LogP contribution is -1.98. The summed E-state index contributed by atoms with van der Waals surface area (Å²) in [5, 5.41) is 16.8. The van der Waals surface area contributed by atoms with Gasteiger partial charge in [-0.15, -0.1) is 10.2 Å². The summed E-state index contributed by atoms with van der Waals surface area (Å²) in [5.41, 5.74) is 3.26. The average Bonchev–Trinajstić information content (AvgIpc) is 3.24. The van der Waals surface area contributed by atoms with Gasteiger partial charge >= 0.3 is 0 Å². The van der Waals surface area contributed by atoms with Crippen molar-refractivity contribution in [2.45, 2.75) is 13.3 Å². The second-order valence-electron chi connectivity index (χ2n) is 6.22. The molecule has 5 nitrogen and oxygen atoms in total. The third kappa shape index (κ3) is 2.55. The zero-order valence-corrected chi connectivity index (χ0v) is 14.9. The lowest BCUT2D eigenvalue weighted by atomic mass is 10.0. The molecule has 26 heavy (non-hydrogen) atoms. The summed E-state index contributed by atoms with van der Waals surface area (Å²) in [6.07, 6.45) is 2.51. The summed E-state index contributed by atoms with van der Waals surface area (Å²) in [6.45, 7) is 1.98. The van der Waals surface area contributed by atoms with E-state index in [-0.39, 0.29) is 0 Å². The molecule has 3 heterocycles. The molecule has 0 radical (unpaired) electrons. The zero-order chi connectivity index (χ0) is 17.5. The largest absolute Gasteiger partial charge is 0.262 e. The second kappa shape index (κ2) is 6.00. The summed E-state index contributed by atoms with van der Waals surface area (Å²) < 4.78 is 1.86. The Kier molecular flexibility index (Phi) is 3.50. The Morgan fingerprint density at radius 3 is 2.81 bits per heavy atom. The summed E-state index contributed by atoms with van der Waals surface area (Å²) in [7, 11) is 0. The minimum Gasteiger partial charge on any atom is -0.262 e. The Balaban J connectivity index is 1.57. The van der Waals surface area contributed by atoms with Crippen LogP contribution in [0.2, 0.25) is 0 Å². The van der Waals surface area contributed by atoms with Gasteiger partial charge in [0.15, 0.2) is 5.82 Å². The fourth-order valence-corrected chi connectivity index (χ4v) is 4.03. The maximum absolute atomic E-state index is 4.74. The van der Waals surface area contributed by atoms with E-state index in [9.17, 15) is 0 Å². The molecule has 0 saturated heterocycles. The van der Waals surface area contributed by atoms with Crippen molar-refractivity contribution in [2.75, 3.05) is 0 Å². The van der Waals surface area contributed by atoms with Crippen molar-refractivity contribution >= 4 is 27.1 Å². The maximum Gasteiger partial charge on any atom is 0.234 e. The number of aryl methyl sites for hydroxylation is 1. The topological polar surface area (TPSA) is 56.0 Å². The van der Waals surface area contributed by atoms with E-state index in [1.807, 2.05) is 29.8 Å². The van der Waals surface area contributed by atoms with Gasteiger partial charge in [-0.1, -0.05) is 53.8 Å². The Bertz CT molecular complexity index is 1230. The van der Waals surface area contributed by atoms with Crippen LogP contribution in [0.4, 0.5) is 0 Å². The lowest BCUT2D eigenvalue weighted by Gasteiger charge is -2.04. The fourth-order valence-electron chi connectivity index (χ4n) is 3.18. The number of benzene rings is 2. The van der Waals surface area contributed by atoms with E-state index in [4.69, 9.17) is 5.10 Å². The average molecular weight is 357 g/mol. The van der Waals surface area contributed by atoms with Crippen LogP contribution in [0.15, 0.2) is 60.8 Å². The molecular formula is C20H15N5S. The van der Waals surface area contributed by atoms with Crippen LogP contribution >= 0.6 is 11.3 Å². The summed E-state index contributed by atoms with van der Waals surface area (Å²) >= 11 is 1.54. The summed E-state index contributed by atoms with van der Waals surface area (Å²) in [4.78, 5) is 5.06. The van der Waals surface area contributed by atoms with Crippen molar-refractivity contribution in [3.05, 3.63) is 77.9 Å². The standard InChI is InChI=1S/C20H15N5S/c1-13-11-16(9-10-21-13)19-24-25-18(22-23-20(25)26-19)12-15-7-4-6-14-5-2-3-8-17(14)15/h2-11H,12H2,1H3. The number of rotatable bonds is 3. The highest BCUT2D eigenvalue weighted by molar-refractivity contribution is 7.19. The molecule has 126 valence electrons. The van der Waals surface area contributed by atoms with Crippen molar-refractivity contribution < 1.29 is 0 Å². The van der Waals surface area contributed by atoms with Gasteiger partial charge in [-0.3, -0.25) is 4.98 Å². The Morgan fingerprint density at radius 1 is 1.00 bits per heavy atom. The van der Waals surface area contributed by atoms with Crippen LogP contribution < -0.4 is 0 Å². The predicted molar refractivity (Wildman–Crippen MR) is 103 cm³/mol. The first-order valence-corrected chi connectivity index (χ1v) is 9.20. The number of fused-ring (bicyclic) bond motifs is 2. The van der Waals surface area contributed by atoms with E-state index in [2.05, 4.69) is 57.6 Å². The summed E-state index contributed by atoms with van der Waals surface area (Å²) in [6, 6.07) is 18.8. The minimum atomic E-state index is 0.696. The minimum absolute atomic E-state index is 0.696. The van der Waals surface area contributed by atoms with E-state index in [0.717, 1.165) is 27.1 Å². The molecule has 5 rings (SSSR count). The van der Waals surface area contributed by atoms with E-state index in [1.54, 1.807) is 11.3 Å². The lowest BCUT2D eigenvalue weighted by molar-refractivity contribution is 0.856. The van der Waals surface area contributed by atoms with Crippen LogP contribution in [0, 0.1) is 6.92 Å². The van der Waals surface area contributed by atoms with Gasteiger partial charge < -0.3 is 0 Å². The van der Waals surface area contributed by atoms with Crippen LogP contribution in [-0.4, -0.2) is 24.8 Å². The van der Waals surface area contributed by atoms with Crippen LogP contribution in [0.25, 0.3) is 26.3 Å². The van der Waals surface area contributed by atoms with E-state index in [0.29, 0.717) is 6.42 Å². The number of hydrogen-bond acceptors (Lipinski definition) is 5. The Labute approximate surface area is 154 Å². The first kappa shape index (κ1) is 15.2. The molecule has 6 heteroatoms. The number of nitrogens with zero attached hydrogens (tertiary/aromatic N) is 5. The van der Waals surface area contributed by atoms with Gasteiger partial charge in [0.25, 0.3) is 0 Å². The van der Waals surface area contributed by atoms with Crippen LogP contribution in [-0.2, 0) is 6.42 Å². The molecule has 0 saturated carbocycles. The highest BCUT2D eigenvalue weighted by Crippen LogP contribution is 2.27. The first-order chi connectivity index (χ1) is 12.8. The van der Waals surface area contributed by atoms with E-state index in [1.165, 1.54) is 16.3 Å². The molecule has 0 aliphatic heterocycles. The number of aromatic nitrogens is 5. The molecule has 0 bridgehead atoms. The third-order valence-electron chi connectivity index (χ3n) is 4.43. The molecule has 0 unspecified atom stereocenters. The Hall–Kier alpha value is -3.12. The molecule has 5 aromatic rings. The molecule has 0 fully saturated rings. The molecule has 0 spiro atoms. The Morgan fingerprint density at radius 2 is 1.88 bits per heavy atom. The highest BCUT2D eigenvalue weighted by Gasteiger charge is 2.14. The molecule has 0 amide bonds. The molecule has 2 aromatic carbocycles. The molecule has 3 aromatic heterocycles. The fraction of sp³-hybridized carbons (Fsp3) is 0.100. The molecule has 0 N–H and O–H groups in total. The molecule has 0 aliphatic carbocycles. The predicted octanol–water partition coefficient (Wildman–Crippen LogP) is 4.30. The monoisotopic (exact) mass is 357 g/mol. The van der Waals surface area contributed by atoms with Crippen LogP contribution in [0.1, 0.15) is 17.1 Å². The zero-order valence-electron chi connectivity index (χ0n) is 14.1. The molecular weight excluding hydrogens is 342 g/mol. The smallest absolute Gasteiger partial charge is 0.234 e. The van der Waals surface area contributed by atoms with Gasteiger partial charge in [0, 0.05) is 23.9 Å². The van der Waals surface area contributed by atoms with Gasteiger partial charge in [-0.25, -0.2) is 0 Å². The van der Waals surface area contributed by atoms with Crippen LogP contribution in [0.5, 0.6) is 0 Å². The normalized spacial score (nSPS) is 11.4. The van der Waals surface area contributed by atoms with Crippen molar-refractivity contribution in [1.82, 2.24) is 24.8 Å². The van der Waals surface area contributed by atoms with Crippen molar-refractivity contribution in [2.24, 2.45) is 0 Å². The van der Waals surface area contributed by atoms with Crippen molar-refractivity contribution in [3.8, 4) is 10.6 Å². The van der Waals surface area contributed by atoms with Crippen LogP contribution in [0.3, 0.4) is 0 Å². The number of hydrogen-bond donors (Lipinski definition) is 0. The molecule has 0 aliphatic rings. The van der Waals surface area contributed by atoms with Gasteiger partial charge in [0.1, 0.15) is 5.01 Å². The van der Waals surface area contributed by atoms with Gasteiger partial charge in [-0.05, 0) is 35.4 Å². The second-order valence-corrected chi connectivity index (χ2v) is 7.17. The SMILES string of the molecule is Cc1cc(-c2nn3c(Cc4cccc5ccccc45)nnc3s2)ccn1. The molecule has 0 atom stereocenters. The van der Waals surface area contributed by atoms with E-state index < -0.39 is 0 Å². The van der Waals surface area contributed by atoms with Crippen molar-refractivity contribution in [1.29, 1.82) is 0 Å². The third-order valence-corrected chi connectivity index (χ3v) is 5.38.